The Morgan fingerprint density at radius 3 is 2.48 bits per heavy atom. The Morgan fingerprint density at radius 2 is 1.79 bits per heavy atom. The van der Waals surface area contributed by atoms with Crippen LogP contribution in [-0.2, 0) is 21.0 Å². The topological polar surface area (TPSA) is 99.1 Å². The second-order valence-electron chi connectivity index (χ2n) is 6.37. The van der Waals surface area contributed by atoms with Crippen LogP contribution in [0.2, 0.25) is 0 Å². The van der Waals surface area contributed by atoms with E-state index in [1.54, 1.807) is 31.2 Å². The highest BCUT2D eigenvalue weighted by Crippen LogP contribution is 2.39. The van der Waals surface area contributed by atoms with Gasteiger partial charge in [0, 0.05) is 12.1 Å². The van der Waals surface area contributed by atoms with Crippen molar-refractivity contribution < 1.29 is 24.6 Å². The quantitative estimate of drug-likeness (QED) is 0.666. The third kappa shape index (κ3) is 4.47. The zero-order valence-corrected chi connectivity index (χ0v) is 16.0. The molecule has 3 N–H and O–H groups in total. The number of hydrogen-bond donors (Lipinski definition) is 3. The molecule has 150 valence electrons. The molecule has 0 unspecified atom stereocenters. The molecule has 0 bridgehead atoms. The van der Waals surface area contributed by atoms with E-state index < -0.39 is 11.9 Å². The fourth-order valence-electron chi connectivity index (χ4n) is 3.05. The van der Waals surface area contributed by atoms with Gasteiger partial charge in [0.2, 0.25) is 0 Å². The Bertz CT molecular complexity index is 966. The van der Waals surface area contributed by atoms with E-state index in [0.717, 1.165) is 5.56 Å². The van der Waals surface area contributed by atoms with Crippen LogP contribution in [0.15, 0.2) is 71.9 Å². The molecule has 3 rings (SSSR count). The number of nitrogens with one attached hydrogen (secondary N) is 1. The number of carboxylic acids is 1. The lowest BCUT2D eigenvalue weighted by atomic mass is 9.98. The van der Waals surface area contributed by atoms with Crippen LogP contribution in [0.5, 0.6) is 0 Å². The molecule has 0 radical (unpaired) electrons. The number of fused-ring (bicyclic) bond motifs is 1. The molecule has 0 spiro atoms. The number of benzene rings is 2. The first kappa shape index (κ1) is 20.2. The van der Waals surface area contributed by atoms with Crippen molar-refractivity contribution in [2.45, 2.75) is 20.0 Å². The Morgan fingerprint density at radius 1 is 1.10 bits per heavy atom. The minimum absolute atomic E-state index is 0.0321. The summed E-state index contributed by atoms with van der Waals surface area (Å²) in [5.41, 5.74) is 2.42. The second-order valence-corrected chi connectivity index (χ2v) is 6.37. The molecule has 1 amide bonds. The van der Waals surface area contributed by atoms with Gasteiger partial charge in [-0.3, -0.25) is 14.4 Å². The number of aliphatic hydroxyl groups is 1. The van der Waals surface area contributed by atoms with Crippen LogP contribution in [0.25, 0.3) is 5.76 Å². The molecule has 7 heteroatoms. The van der Waals surface area contributed by atoms with Crippen LogP contribution >= 0.6 is 0 Å². The van der Waals surface area contributed by atoms with Crippen LogP contribution in [0, 0.1) is 0 Å². The van der Waals surface area contributed by atoms with E-state index >= 15 is 0 Å². The van der Waals surface area contributed by atoms with Gasteiger partial charge < -0.3 is 15.5 Å². The van der Waals surface area contributed by atoms with Crippen molar-refractivity contribution in [3.63, 3.8) is 0 Å². The predicted octanol–water partition coefficient (Wildman–Crippen LogP) is 3.40. The van der Waals surface area contributed by atoms with Crippen molar-refractivity contribution in [1.29, 1.82) is 0 Å². The first-order chi connectivity index (χ1) is 14.0. The average molecular weight is 394 g/mol. The van der Waals surface area contributed by atoms with E-state index in [4.69, 9.17) is 9.94 Å². The van der Waals surface area contributed by atoms with Gasteiger partial charge in [-0.15, -0.1) is 0 Å². The standard InChI is InChI=1S/C22H22N2O5/c1-2-17-20(22(28)23-13-12-19(25)26)21(27)16-10-6-7-11-18(16)24(17)29-14-15-8-4-3-5-9-15/h2-11,27H,12-14H2,1H3,(H,23,28)(H,25,26)/b17-2-. The summed E-state index contributed by atoms with van der Waals surface area (Å²) in [4.78, 5) is 29.5. The van der Waals surface area contributed by atoms with E-state index in [9.17, 15) is 14.7 Å². The predicted molar refractivity (Wildman–Crippen MR) is 109 cm³/mol. The number of carbonyl (C=O) groups excluding carboxylic acids is 1. The number of aliphatic hydroxyl groups excluding tert-OH is 1. The Kier molecular flexibility index (Phi) is 6.31. The zero-order chi connectivity index (χ0) is 20.8. The van der Waals surface area contributed by atoms with Crippen LogP contribution in [0.1, 0.15) is 24.5 Å². The normalized spacial score (nSPS) is 14.7. The smallest absolute Gasteiger partial charge is 0.305 e. The monoisotopic (exact) mass is 394 g/mol. The highest BCUT2D eigenvalue weighted by atomic mass is 16.7. The number of allylic oxidation sites excluding steroid dienone is 1. The van der Waals surface area contributed by atoms with Crippen molar-refractivity contribution in [2.24, 2.45) is 0 Å². The maximum Gasteiger partial charge on any atom is 0.305 e. The number of aliphatic carboxylic acids is 1. The summed E-state index contributed by atoms with van der Waals surface area (Å²) in [5, 5.41) is 23.6. The first-order valence-corrected chi connectivity index (χ1v) is 9.19. The van der Waals surface area contributed by atoms with Gasteiger partial charge in [0.05, 0.1) is 17.8 Å². The van der Waals surface area contributed by atoms with Crippen LogP contribution < -0.4 is 10.4 Å². The summed E-state index contributed by atoms with van der Waals surface area (Å²) in [6, 6.07) is 16.6. The summed E-state index contributed by atoms with van der Waals surface area (Å²) < 4.78 is 0. The van der Waals surface area contributed by atoms with Crippen molar-refractivity contribution in [3.8, 4) is 0 Å². The zero-order valence-electron chi connectivity index (χ0n) is 16.0. The Labute approximate surface area is 168 Å². The van der Waals surface area contributed by atoms with Crippen molar-refractivity contribution >= 4 is 23.3 Å². The lowest BCUT2D eigenvalue weighted by molar-refractivity contribution is -0.136. The molecule has 7 nitrogen and oxygen atoms in total. The van der Waals surface area contributed by atoms with Gasteiger partial charge in [-0.25, -0.2) is 5.06 Å². The van der Waals surface area contributed by atoms with Crippen molar-refractivity contribution in [3.05, 3.63) is 83.1 Å². The number of amides is 1. The molecule has 0 fully saturated rings. The molecule has 0 saturated carbocycles. The van der Waals surface area contributed by atoms with E-state index in [-0.39, 0.29) is 30.9 Å². The summed E-state index contributed by atoms with van der Waals surface area (Å²) in [5.74, 6) is -1.77. The number of para-hydroxylation sites is 1. The number of hydrogen-bond acceptors (Lipinski definition) is 5. The van der Waals surface area contributed by atoms with Gasteiger partial charge in [-0.05, 0) is 24.6 Å². The third-order valence-corrected chi connectivity index (χ3v) is 4.42. The molecule has 1 heterocycles. The first-order valence-electron chi connectivity index (χ1n) is 9.19. The summed E-state index contributed by atoms with van der Waals surface area (Å²) in [6.07, 6.45) is 1.46. The number of carbonyl (C=O) groups is 2. The minimum Gasteiger partial charge on any atom is -0.506 e. The molecule has 0 aliphatic carbocycles. The fraction of sp³-hybridized carbons (Fsp3) is 0.182. The Hall–Kier alpha value is -3.58. The largest absolute Gasteiger partial charge is 0.506 e. The van der Waals surface area contributed by atoms with Gasteiger partial charge >= 0.3 is 5.97 Å². The summed E-state index contributed by atoms with van der Waals surface area (Å²) in [6.45, 7) is 1.95. The average Bonchev–Trinajstić information content (AvgIpc) is 2.73. The maximum absolute atomic E-state index is 12.7. The molecule has 2 aromatic carbocycles. The molecule has 1 aliphatic heterocycles. The number of nitrogens with zero attached hydrogens (tertiary/aromatic N) is 1. The molecule has 2 aromatic rings. The highest BCUT2D eigenvalue weighted by molar-refractivity contribution is 6.07. The molecule has 0 saturated heterocycles. The van der Waals surface area contributed by atoms with Crippen LogP contribution in [0.3, 0.4) is 0 Å². The molecule has 29 heavy (non-hydrogen) atoms. The van der Waals surface area contributed by atoms with E-state index in [2.05, 4.69) is 5.32 Å². The summed E-state index contributed by atoms with van der Waals surface area (Å²) in [7, 11) is 0. The van der Waals surface area contributed by atoms with Gasteiger partial charge in [0.25, 0.3) is 5.91 Å². The van der Waals surface area contributed by atoms with Gasteiger partial charge in [0.1, 0.15) is 17.9 Å². The second kappa shape index (κ2) is 9.07. The highest BCUT2D eigenvalue weighted by Gasteiger charge is 2.33. The number of anilines is 1. The molecule has 1 aliphatic rings. The molecule has 0 aromatic heterocycles. The van der Waals surface area contributed by atoms with Crippen molar-refractivity contribution in [2.75, 3.05) is 11.6 Å². The van der Waals surface area contributed by atoms with E-state index in [0.29, 0.717) is 16.9 Å². The lowest BCUT2D eigenvalue weighted by Gasteiger charge is -2.33. The number of rotatable bonds is 7. The van der Waals surface area contributed by atoms with Gasteiger partial charge in [-0.1, -0.05) is 48.5 Å². The van der Waals surface area contributed by atoms with Crippen LogP contribution in [0.4, 0.5) is 5.69 Å². The maximum atomic E-state index is 12.7. The number of hydroxylamine groups is 1. The minimum atomic E-state index is -1.02. The van der Waals surface area contributed by atoms with Crippen molar-refractivity contribution in [1.82, 2.24) is 5.32 Å². The van der Waals surface area contributed by atoms with Crippen LogP contribution in [-0.4, -0.2) is 28.6 Å². The van der Waals surface area contributed by atoms with E-state index in [1.807, 2.05) is 36.4 Å². The van der Waals surface area contributed by atoms with Gasteiger partial charge in [0.15, 0.2) is 0 Å². The SMILES string of the molecule is C/C=C1/C(C(=O)NCCC(=O)O)=C(O)c2ccccc2N1OCc1ccccc1. The molecular weight excluding hydrogens is 372 g/mol. The third-order valence-electron chi connectivity index (χ3n) is 4.42. The Balaban J connectivity index is 1.93. The number of carboxylic acid groups (broad SMARTS) is 1. The van der Waals surface area contributed by atoms with Gasteiger partial charge in [-0.2, -0.15) is 0 Å². The van der Waals surface area contributed by atoms with E-state index in [1.165, 1.54) is 5.06 Å². The lowest BCUT2D eigenvalue weighted by Crippen LogP contribution is -2.36. The molecule has 0 atom stereocenters. The molecular formula is C22H22N2O5. The summed E-state index contributed by atoms with van der Waals surface area (Å²) >= 11 is 0. The fourth-order valence-corrected chi connectivity index (χ4v) is 3.05.